The Morgan fingerprint density at radius 3 is 2.25 bits per heavy atom. The molecule has 5 atom stereocenters. The number of allylic oxidation sites excluding steroid dienone is 2. The lowest BCUT2D eigenvalue weighted by molar-refractivity contribution is -0.128. The number of amides is 4. The van der Waals surface area contributed by atoms with E-state index in [1.807, 2.05) is 6.08 Å². The molecule has 2 heterocycles. The third kappa shape index (κ3) is 1.39. The third-order valence-corrected chi connectivity index (χ3v) is 5.23. The van der Waals surface area contributed by atoms with Gasteiger partial charge in [0.25, 0.3) is 0 Å². The van der Waals surface area contributed by atoms with Crippen LogP contribution < -0.4 is 10.6 Å². The normalized spacial score (nSPS) is 42.4. The van der Waals surface area contributed by atoms with Crippen LogP contribution in [0.15, 0.2) is 11.6 Å². The minimum absolute atomic E-state index is 0.0712. The number of imide groups is 2. The van der Waals surface area contributed by atoms with Gasteiger partial charge in [0.2, 0.25) is 23.6 Å². The molecule has 0 aromatic carbocycles. The zero-order chi connectivity index (χ0) is 14.0. The van der Waals surface area contributed by atoms with Gasteiger partial charge < -0.3 is 0 Å². The topological polar surface area (TPSA) is 92.3 Å². The average Bonchev–Trinajstić information content (AvgIpc) is 2.86. The van der Waals surface area contributed by atoms with Crippen molar-refractivity contribution in [1.82, 2.24) is 10.6 Å². The monoisotopic (exact) mass is 274 g/mol. The lowest BCUT2D eigenvalue weighted by Gasteiger charge is -2.38. The first kappa shape index (κ1) is 11.8. The Balaban J connectivity index is 1.70. The van der Waals surface area contributed by atoms with Gasteiger partial charge in [0.05, 0.1) is 23.7 Å². The molecule has 3 fully saturated rings. The van der Waals surface area contributed by atoms with Crippen molar-refractivity contribution in [3.8, 4) is 0 Å². The molecule has 0 aromatic heterocycles. The van der Waals surface area contributed by atoms with Crippen molar-refractivity contribution in [2.24, 2.45) is 29.6 Å². The Bertz CT molecular complexity index is 588. The number of hydrogen-bond donors (Lipinski definition) is 2. The fourth-order valence-corrected chi connectivity index (χ4v) is 4.26. The van der Waals surface area contributed by atoms with E-state index >= 15 is 0 Å². The van der Waals surface area contributed by atoms with Crippen LogP contribution in [0, 0.1) is 29.6 Å². The first-order valence-electron chi connectivity index (χ1n) is 6.94. The quantitative estimate of drug-likeness (QED) is 0.460. The lowest BCUT2D eigenvalue weighted by Crippen LogP contribution is -2.39. The fraction of sp³-hybridized carbons (Fsp3) is 0.571. The standard InChI is InChI=1S/C14H14N2O4/c17-11-6-2-1-5-3-8-9(13(19)15-12(8)18)4-7(5)10(6)14(20)16-11/h1,6-10H,2-4H2,(H,15,18,19)(H,16,17,20)/t6-,7+,8-,9+,10-/m0/s1. The number of nitrogens with one attached hydrogen (secondary N) is 2. The molecule has 0 radical (unpaired) electrons. The molecular formula is C14H14N2O4. The molecule has 2 N–H and O–H groups in total. The van der Waals surface area contributed by atoms with Crippen molar-refractivity contribution in [3.05, 3.63) is 11.6 Å². The van der Waals surface area contributed by atoms with Gasteiger partial charge in [0.15, 0.2) is 0 Å². The Labute approximate surface area is 115 Å². The third-order valence-electron chi connectivity index (χ3n) is 5.23. The van der Waals surface area contributed by atoms with Crippen LogP contribution in [0.4, 0.5) is 0 Å². The van der Waals surface area contributed by atoms with Gasteiger partial charge in [-0.05, 0) is 25.2 Å². The molecule has 20 heavy (non-hydrogen) atoms. The highest BCUT2D eigenvalue weighted by Crippen LogP contribution is 2.49. The summed E-state index contributed by atoms with van der Waals surface area (Å²) in [6, 6.07) is 0. The summed E-state index contributed by atoms with van der Waals surface area (Å²) in [7, 11) is 0. The van der Waals surface area contributed by atoms with Crippen molar-refractivity contribution in [1.29, 1.82) is 0 Å². The van der Waals surface area contributed by atoms with Gasteiger partial charge in [0, 0.05) is 0 Å². The summed E-state index contributed by atoms with van der Waals surface area (Å²) in [5.41, 5.74) is 1.07. The smallest absolute Gasteiger partial charge is 0.231 e. The molecule has 4 amide bonds. The fourth-order valence-electron chi connectivity index (χ4n) is 4.26. The van der Waals surface area contributed by atoms with E-state index in [4.69, 9.17) is 0 Å². The number of hydrogen-bond acceptors (Lipinski definition) is 4. The minimum atomic E-state index is -0.355. The molecule has 1 saturated carbocycles. The molecule has 2 saturated heterocycles. The second-order valence-corrected chi connectivity index (χ2v) is 6.11. The van der Waals surface area contributed by atoms with E-state index in [0.29, 0.717) is 19.3 Å². The predicted octanol–water partition coefficient (Wildman–Crippen LogP) is -0.496. The summed E-state index contributed by atoms with van der Waals surface area (Å²) >= 11 is 0. The summed E-state index contributed by atoms with van der Waals surface area (Å²) in [4.78, 5) is 47.3. The molecule has 6 nitrogen and oxygen atoms in total. The zero-order valence-electron chi connectivity index (χ0n) is 10.7. The lowest BCUT2D eigenvalue weighted by atomic mass is 9.62. The molecule has 0 bridgehead atoms. The summed E-state index contributed by atoms with van der Waals surface area (Å²) in [6.45, 7) is 0. The van der Waals surface area contributed by atoms with Gasteiger partial charge in [-0.25, -0.2) is 0 Å². The molecule has 0 unspecified atom stereocenters. The molecule has 2 aliphatic heterocycles. The van der Waals surface area contributed by atoms with Crippen LogP contribution in [-0.4, -0.2) is 23.6 Å². The maximum atomic E-state index is 12.0. The second kappa shape index (κ2) is 3.77. The molecule has 0 spiro atoms. The van der Waals surface area contributed by atoms with Crippen molar-refractivity contribution in [2.75, 3.05) is 0 Å². The highest BCUT2D eigenvalue weighted by molar-refractivity contribution is 6.07. The van der Waals surface area contributed by atoms with E-state index in [2.05, 4.69) is 10.6 Å². The van der Waals surface area contributed by atoms with Crippen LogP contribution in [0.1, 0.15) is 19.3 Å². The van der Waals surface area contributed by atoms with Crippen molar-refractivity contribution >= 4 is 23.6 Å². The Kier molecular flexibility index (Phi) is 2.23. The number of carbonyl (C=O) groups excluding carboxylic acids is 4. The van der Waals surface area contributed by atoms with Gasteiger partial charge in [-0.3, -0.25) is 29.8 Å². The first-order valence-corrected chi connectivity index (χ1v) is 6.94. The van der Waals surface area contributed by atoms with Crippen LogP contribution >= 0.6 is 0 Å². The Hall–Kier alpha value is -1.98. The zero-order valence-corrected chi connectivity index (χ0v) is 10.7. The predicted molar refractivity (Wildman–Crippen MR) is 65.7 cm³/mol. The van der Waals surface area contributed by atoms with Crippen molar-refractivity contribution in [3.63, 3.8) is 0 Å². The molecule has 2 aliphatic carbocycles. The largest absolute Gasteiger partial charge is 0.296 e. The summed E-state index contributed by atoms with van der Waals surface area (Å²) in [6.07, 6.45) is 3.59. The highest BCUT2D eigenvalue weighted by atomic mass is 16.2. The van der Waals surface area contributed by atoms with E-state index < -0.39 is 0 Å². The molecule has 4 rings (SSSR count). The van der Waals surface area contributed by atoms with Crippen LogP contribution in [0.3, 0.4) is 0 Å². The molecule has 104 valence electrons. The number of fused-ring (bicyclic) bond motifs is 4. The molecule has 4 aliphatic rings. The van der Waals surface area contributed by atoms with Crippen LogP contribution in [0.5, 0.6) is 0 Å². The second-order valence-electron chi connectivity index (χ2n) is 6.11. The number of carbonyl (C=O) groups is 4. The summed E-state index contributed by atoms with van der Waals surface area (Å²) < 4.78 is 0. The van der Waals surface area contributed by atoms with E-state index in [9.17, 15) is 19.2 Å². The summed E-state index contributed by atoms with van der Waals surface area (Å²) in [5.74, 6) is -2.21. The SMILES string of the molecule is O=C1NC(=O)[C@H]2CC=C3C[C@@H]4C(=O)NC(=O)[C@@H]4C[C@H]3[C@@H]12. The van der Waals surface area contributed by atoms with E-state index in [-0.39, 0.29) is 53.2 Å². The maximum Gasteiger partial charge on any atom is 0.231 e. The molecule has 0 aromatic rings. The Morgan fingerprint density at radius 1 is 0.800 bits per heavy atom. The van der Waals surface area contributed by atoms with Gasteiger partial charge in [-0.15, -0.1) is 0 Å². The number of rotatable bonds is 0. The highest BCUT2D eigenvalue weighted by Gasteiger charge is 2.54. The first-order chi connectivity index (χ1) is 9.56. The average molecular weight is 274 g/mol. The molecule has 6 heteroatoms. The van der Waals surface area contributed by atoms with Crippen LogP contribution in [0.25, 0.3) is 0 Å². The van der Waals surface area contributed by atoms with Gasteiger partial charge in [0.1, 0.15) is 0 Å². The minimum Gasteiger partial charge on any atom is -0.296 e. The van der Waals surface area contributed by atoms with Gasteiger partial charge in [-0.1, -0.05) is 11.6 Å². The van der Waals surface area contributed by atoms with Gasteiger partial charge in [-0.2, -0.15) is 0 Å². The Morgan fingerprint density at radius 2 is 1.45 bits per heavy atom. The van der Waals surface area contributed by atoms with E-state index in [1.54, 1.807) is 0 Å². The van der Waals surface area contributed by atoms with Crippen molar-refractivity contribution in [2.45, 2.75) is 19.3 Å². The van der Waals surface area contributed by atoms with E-state index in [0.717, 1.165) is 5.57 Å². The summed E-state index contributed by atoms with van der Waals surface area (Å²) in [5, 5.41) is 4.77. The molecular weight excluding hydrogens is 260 g/mol. The van der Waals surface area contributed by atoms with Crippen molar-refractivity contribution < 1.29 is 19.2 Å². The van der Waals surface area contributed by atoms with Crippen LogP contribution in [-0.2, 0) is 19.2 Å². The van der Waals surface area contributed by atoms with E-state index in [1.165, 1.54) is 0 Å². The van der Waals surface area contributed by atoms with Gasteiger partial charge >= 0.3 is 0 Å². The van der Waals surface area contributed by atoms with Crippen LogP contribution in [0.2, 0.25) is 0 Å². The maximum absolute atomic E-state index is 12.0.